The first kappa shape index (κ1) is 49.1. The quantitative estimate of drug-likeness (QED) is 0.0260. The first-order valence-electron chi connectivity index (χ1n) is 21.8. The first-order chi connectivity index (χ1) is 34.4. The van der Waals surface area contributed by atoms with E-state index in [0.29, 0.717) is 33.8 Å². The van der Waals surface area contributed by atoms with Crippen molar-refractivity contribution in [2.24, 2.45) is 5.16 Å². The maximum atomic E-state index is 14.6. The van der Waals surface area contributed by atoms with E-state index < -0.39 is 65.0 Å². The number of thioether (sulfide) groups is 1. The lowest BCUT2D eigenvalue weighted by molar-refractivity contribution is -0.689. The normalized spacial score (nSPS) is 15.7. The SMILES string of the molecule is COc1ccc(COC(=O)C2=C(C[n+]3ccccc3)CS[C@@H]3[C@H](NC(=O)C(=NOC(C(=O)OC(c4ccccc4)c4ccccc4)c4ccc(OC(C)=O)c(OC(C)=O)c4)c4csc(N)n4)C(=O)N23)cc1. The Balaban J connectivity index is 1.10. The Morgan fingerprint density at radius 2 is 1.49 bits per heavy atom. The van der Waals surface area contributed by atoms with Gasteiger partial charge in [0.1, 0.15) is 35.2 Å². The number of carbonyl (C=O) groups is 6. The molecular weight excluding hydrogens is 953 g/mol. The van der Waals surface area contributed by atoms with Crippen LogP contribution in [-0.2, 0) is 56.2 Å². The van der Waals surface area contributed by atoms with E-state index in [1.165, 1.54) is 40.2 Å². The van der Waals surface area contributed by atoms with Crippen molar-refractivity contribution in [1.82, 2.24) is 15.2 Å². The second-order valence-corrected chi connectivity index (χ2v) is 17.8. The molecule has 2 amide bonds. The number of benzene rings is 4. The molecule has 0 radical (unpaired) electrons. The van der Waals surface area contributed by atoms with Crippen LogP contribution in [0, 0.1) is 0 Å². The number of nitrogens with zero attached hydrogens (tertiary/aromatic N) is 4. The summed E-state index contributed by atoms with van der Waals surface area (Å²) in [6.45, 7) is 2.50. The minimum Gasteiger partial charge on any atom is -0.497 e. The highest BCUT2D eigenvalue weighted by Crippen LogP contribution is 2.41. The van der Waals surface area contributed by atoms with Crippen molar-refractivity contribution in [3.8, 4) is 17.2 Å². The highest BCUT2D eigenvalue weighted by atomic mass is 32.2. The summed E-state index contributed by atoms with van der Waals surface area (Å²) in [5.41, 5.74) is 8.13. The number of thiazole rings is 1. The maximum absolute atomic E-state index is 14.6. The summed E-state index contributed by atoms with van der Waals surface area (Å²) in [4.78, 5) is 93.1. The van der Waals surface area contributed by atoms with Gasteiger partial charge in [0.2, 0.25) is 6.10 Å². The van der Waals surface area contributed by atoms with Gasteiger partial charge in [0, 0.05) is 48.2 Å². The van der Waals surface area contributed by atoms with Crippen LogP contribution in [0.3, 0.4) is 0 Å². The van der Waals surface area contributed by atoms with Crippen molar-refractivity contribution in [3.63, 3.8) is 0 Å². The van der Waals surface area contributed by atoms with E-state index in [0.717, 1.165) is 25.2 Å². The van der Waals surface area contributed by atoms with Crippen LogP contribution in [0.25, 0.3) is 0 Å². The molecule has 4 heterocycles. The van der Waals surface area contributed by atoms with Crippen molar-refractivity contribution in [2.45, 2.75) is 50.6 Å². The maximum Gasteiger partial charge on any atom is 0.355 e. The highest BCUT2D eigenvalue weighted by molar-refractivity contribution is 8.00. The topological polar surface area (TPSA) is 228 Å². The second-order valence-electron chi connectivity index (χ2n) is 15.8. The molecule has 0 saturated carbocycles. The molecule has 2 aliphatic rings. The molecule has 3 atom stereocenters. The Bertz CT molecular complexity index is 2970. The Morgan fingerprint density at radius 1 is 0.845 bits per heavy atom. The zero-order chi connectivity index (χ0) is 50.0. The van der Waals surface area contributed by atoms with Gasteiger partial charge in [-0.25, -0.2) is 19.1 Å². The number of anilines is 1. The van der Waals surface area contributed by atoms with Gasteiger partial charge < -0.3 is 39.6 Å². The summed E-state index contributed by atoms with van der Waals surface area (Å²) in [6, 6.07) is 33.2. The number of methoxy groups -OCH3 is 1. The van der Waals surface area contributed by atoms with E-state index in [4.69, 9.17) is 34.3 Å². The zero-order valence-electron chi connectivity index (χ0n) is 38.3. The van der Waals surface area contributed by atoms with Crippen molar-refractivity contribution in [3.05, 3.63) is 178 Å². The van der Waals surface area contributed by atoms with Crippen molar-refractivity contribution < 1.29 is 61.9 Å². The number of rotatable bonds is 18. The lowest BCUT2D eigenvalue weighted by Crippen LogP contribution is -2.71. The van der Waals surface area contributed by atoms with Gasteiger partial charge in [-0.2, -0.15) is 0 Å². The third-order valence-electron chi connectivity index (χ3n) is 10.9. The lowest BCUT2D eigenvalue weighted by Gasteiger charge is -2.49. The molecule has 4 aromatic carbocycles. The predicted octanol–water partition coefficient (Wildman–Crippen LogP) is 5.76. The van der Waals surface area contributed by atoms with Crippen molar-refractivity contribution >= 4 is 69.6 Å². The van der Waals surface area contributed by atoms with E-state index >= 15 is 0 Å². The molecule has 8 rings (SSSR count). The average Bonchev–Trinajstić information content (AvgIpc) is 3.81. The third kappa shape index (κ3) is 11.7. The van der Waals surface area contributed by atoms with Gasteiger partial charge in [-0.1, -0.05) is 90.1 Å². The number of esters is 4. The Labute approximate surface area is 415 Å². The van der Waals surface area contributed by atoms with E-state index in [2.05, 4.69) is 15.5 Å². The third-order valence-corrected chi connectivity index (χ3v) is 12.9. The fraction of sp³-hybridized carbons (Fsp3) is 0.196. The van der Waals surface area contributed by atoms with E-state index in [-0.39, 0.29) is 46.7 Å². The standard InChI is InChI=1S/C51H44N6O12S2/c1-30(58)66-39-22-19-35(25-40(39)67-31(2)59)45(50(63)68-44(33-13-7-4-8-14-33)34-15-9-5-10-16-34)69-55-41(38-29-71-51(52)53-38)46(60)54-42-47(61)57-43(49(62)65-27-32-17-20-37(64-3)21-18-32)36(28-70-48(42)57)26-56-23-11-6-12-24-56/h4-25,29,42,44-45,48H,26-28H2,1-3H3,(H2-,52,53,54,60)/p+1/t42-,45?,48-/m1/s1. The number of nitrogens with one attached hydrogen (secondary N) is 1. The van der Waals surface area contributed by atoms with Gasteiger partial charge in [-0.05, 0) is 41.0 Å². The lowest BCUT2D eigenvalue weighted by atomic mass is 10.0. The van der Waals surface area contributed by atoms with Crippen LogP contribution in [-0.4, -0.2) is 75.6 Å². The predicted molar refractivity (Wildman–Crippen MR) is 258 cm³/mol. The largest absolute Gasteiger partial charge is 0.497 e. The van der Waals surface area contributed by atoms with Gasteiger partial charge in [0.05, 0.1) is 7.11 Å². The second kappa shape index (κ2) is 22.4. The van der Waals surface area contributed by atoms with Crippen LogP contribution >= 0.6 is 23.1 Å². The molecular formula is C51H45N6O12S2+. The average molecular weight is 998 g/mol. The monoisotopic (exact) mass is 997 g/mol. The molecule has 3 N–H and O–H groups in total. The molecule has 20 heteroatoms. The van der Waals surface area contributed by atoms with Gasteiger partial charge in [-0.3, -0.25) is 24.1 Å². The molecule has 71 heavy (non-hydrogen) atoms. The van der Waals surface area contributed by atoms with Crippen LogP contribution < -0.4 is 29.8 Å². The van der Waals surface area contributed by atoms with E-state index in [1.807, 2.05) is 47.3 Å². The summed E-state index contributed by atoms with van der Waals surface area (Å²) in [6.07, 6.45) is 0.938. The van der Waals surface area contributed by atoms with E-state index in [1.54, 1.807) is 79.9 Å². The molecule has 1 fully saturated rings. The Morgan fingerprint density at radius 3 is 2.11 bits per heavy atom. The van der Waals surface area contributed by atoms with Gasteiger partial charge in [-0.15, -0.1) is 23.1 Å². The minimum atomic E-state index is -1.78. The van der Waals surface area contributed by atoms with Crippen LogP contribution in [0.2, 0.25) is 0 Å². The van der Waals surface area contributed by atoms with Crippen LogP contribution in [0.4, 0.5) is 5.13 Å². The summed E-state index contributed by atoms with van der Waals surface area (Å²) in [5.74, 6) is -4.14. The van der Waals surface area contributed by atoms with Crippen molar-refractivity contribution in [2.75, 3.05) is 18.6 Å². The van der Waals surface area contributed by atoms with Crippen molar-refractivity contribution in [1.29, 1.82) is 0 Å². The highest BCUT2D eigenvalue weighted by Gasteiger charge is 2.55. The number of amides is 2. The van der Waals surface area contributed by atoms with Gasteiger partial charge in [0.15, 0.2) is 47.4 Å². The number of pyridine rings is 1. The number of carbonyl (C=O) groups excluding carboxylic acids is 6. The fourth-order valence-electron chi connectivity index (χ4n) is 7.57. The number of hydrogen-bond acceptors (Lipinski definition) is 17. The summed E-state index contributed by atoms with van der Waals surface area (Å²) >= 11 is 2.34. The van der Waals surface area contributed by atoms with Gasteiger partial charge in [0.25, 0.3) is 11.8 Å². The zero-order valence-corrected chi connectivity index (χ0v) is 39.9. The molecule has 6 aromatic rings. The fourth-order valence-corrected chi connectivity index (χ4v) is 9.45. The van der Waals surface area contributed by atoms with Crippen LogP contribution in [0.1, 0.15) is 54.0 Å². The molecule has 1 unspecified atom stereocenters. The molecule has 2 aliphatic heterocycles. The number of β-lactam (4-membered cyclic amide) rings is 1. The number of aromatic nitrogens is 2. The summed E-state index contributed by atoms with van der Waals surface area (Å²) in [5, 5.41) is 7.70. The van der Waals surface area contributed by atoms with E-state index in [9.17, 15) is 28.8 Å². The Hall–Kier alpha value is -8.36. The number of ether oxygens (including phenoxy) is 5. The van der Waals surface area contributed by atoms with Crippen LogP contribution in [0.5, 0.6) is 17.2 Å². The molecule has 2 aromatic heterocycles. The van der Waals surface area contributed by atoms with Crippen LogP contribution in [0.15, 0.2) is 156 Å². The number of hydrogen-bond donors (Lipinski definition) is 2. The molecule has 0 spiro atoms. The first-order valence-corrected chi connectivity index (χ1v) is 23.8. The molecule has 1 saturated heterocycles. The summed E-state index contributed by atoms with van der Waals surface area (Å²) < 4.78 is 29.7. The smallest absolute Gasteiger partial charge is 0.355 e. The number of nitrogens with two attached hydrogens (primary N) is 1. The number of fused-ring (bicyclic) bond motifs is 1. The molecule has 362 valence electrons. The molecule has 18 nitrogen and oxygen atoms in total. The Kier molecular flexibility index (Phi) is 15.5. The minimum absolute atomic E-state index is 0.00871. The molecule has 0 bridgehead atoms. The molecule has 0 aliphatic carbocycles. The van der Waals surface area contributed by atoms with Gasteiger partial charge >= 0.3 is 23.9 Å². The number of oxime groups is 1. The number of nitrogen functional groups attached to an aromatic ring is 1. The summed E-state index contributed by atoms with van der Waals surface area (Å²) in [7, 11) is 1.55.